The van der Waals surface area contributed by atoms with E-state index in [1.807, 2.05) is 31.2 Å². The summed E-state index contributed by atoms with van der Waals surface area (Å²) >= 11 is 0. The molecule has 0 fully saturated rings. The molecule has 2 rings (SSSR count). The quantitative estimate of drug-likeness (QED) is 0.830. The number of aromatic hydroxyl groups is 1. The summed E-state index contributed by atoms with van der Waals surface area (Å²) in [5.41, 5.74) is 2.32. The summed E-state index contributed by atoms with van der Waals surface area (Å²) < 4.78 is 4.77. The van der Waals surface area contributed by atoms with Gasteiger partial charge in [-0.25, -0.2) is 4.79 Å². The first-order valence-electron chi connectivity index (χ1n) is 7.23. The summed E-state index contributed by atoms with van der Waals surface area (Å²) in [7, 11) is 1.28. The lowest BCUT2D eigenvalue weighted by Gasteiger charge is -2.17. The van der Waals surface area contributed by atoms with Crippen molar-refractivity contribution in [2.75, 3.05) is 7.11 Å². The molecular formula is C18H19NO4. The van der Waals surface area contributed by atoms with Crippen LogP contribution in [0.5, 0.6) is 5.75 Å². The van der Waals surface area contributed by atoms with E-state index in [4.69, 9.17) is 4.74 Å². The molecule has 1 atom stereocenters. The third-order valence-electron chi connectivity index (χ3n) is 3.46. The molecule has 0 aliphatic carbocycles. The van der Waals surface area contributed by atoms with E-state index in [2.05, 4.69) is 5.32 Å². The lowest BCUT2D eigenvalue weighted by Crippen LogP contribution is -2.43. The predicted octanol–water partition coefficient (Wildman–Crippen LogP) is 2.21. The van der Waals surface area contributed by atoms with Crippen LogP contribution in [0.2, 0.25) is 0 Å². The number of esters is 1. The number of carbonyl (C=O) groups is 2. The van der Waals surface area contributed by atoms with Crippen LogP contribution in [0.25, 0.3) is 0 Å². The summed E-state index contributed by atoms with van der Waals surface area (Å²) in [5, 5.41) is 12.1. The number of carbonyl (C=O) groups excluding carboxylic acids is 2. The molecule has 0 aliphatic heterocycles. The predicted molar refractivity (Wildman–Crippen MR) is 86.3 cm³/mol. The molecule has 0 unspecified atom stereocenters. The van der Waals surface area contributed by atoms with Crippen molar-refractivity contribution < 1.29 is 19.4 Å². The molecular weight excluding hydrogens is 294 g/mol. The van der Waals surface area contributed by atoms with Crippen molar-refractivity contribution in [2.45, 2.75) is 19.4 Å². The second-order valence-electron chi connectivity index (χ2n) is 5.29. The maximum atomic E-state index is 12.2. The van der Waals surface area contributed by atoms with E-state index in [0.29, 0.717) is 6.42 Å². The maximum Gasteiger partial charge on any atom is 0.328 e. The summed E-state index contributed by atoms with van der Waals surface area (Å²) in [4.78, 5) is 24.2. The van der Waals surface area contributed by atoms with E-state index in [-0.39, 0.29) is 11.3 Å². The standard InChI is InChI=1S/C18H19NO4/c1-12-6-8-13(9-7-12)10-16(18(22)23-2)19-17(21)14-4-3-5-15(20)11-14/h3-9,11,16,20H,10H2,1-2H3,(H,19,21)/t16-/m1/s1. The molecule has 0 saturated heterocycles. The zero-order chi connectivity index (χ0) is 16.8. The summed E-state index contributed by atoms with van der Waals surface area (Å²) in [6, 6.07) is 12.9. The Morgan fingerprint density at radius 1 is 1.17 bits per heavy atom. The number of aryl methyl sites for hydroxylation is 1. The zero-order valence-electron chi connectivity index (χ0n) is 13.1. The number of phenolic OH excluding ortho intramolecular Hbond substituents is 1. The molecule has 5 nitrogen and oxygen atoms in total. The highest BCUT2D eigenvalue weighted by Gasteiger charge is 2.22. The number of hydrogen-bond donors (Lipinski definition) is 2. The van der Waals surface area contributed by atoms with Gasteiger partial charge < -0.3 is 15.2 Å². The molecule has 0 heterocycles. The SMILES string of the molecule is COC(=O)[C@@H](Cc1ccc(C)cc1)NC(=O)c1cccc(O)c1. The van der Waals surface area contributed by atoms with Crippen LogP contribution in [0.1, 0.15) is 21.5 Å². The third-order valence-corrected chi connectivity index (χ3v) is 3.46. The van der Waals surface area contributed by atoms with Gasteiger partial charge in [0.05, 0.1) is 7.11 Å². The minimum Gasteiger partial charge on any atom is -0.508 e. The van der Waals surface area contributed by atoms with Crippen molar-refractivity contribution >= 4 is 11.9 Å². The number of rotatable bonds is 5. The maximum absolute atomic E-state index is 12.2. The van der Waals surface area contributed by atoms with E-state index < -0.39 is 17.9 Å². The molecule has 2 aromatic rings. The van der Waals surface area contributed by atoms with Gasteiger partial charge in [0.1, 0.15) is 11.8 Å². The number of methoxy groups -OCH3 is 1. The van der Waals surface area contributed by atoms with Crippen molar-refractivity contribution in [3.63, 3.8) is 0 Å². The fourth-order valence-electron chi connectivity index (χ4n) is 2.18. The first-order chi connectivity index (χ1) is 11.0. The van der Waals surface area contributed by atoms with Crippen molar-refractivity contribution in [1.29, 1.82) is 0 Å². The second-order valence-corrected chi connectivity index (χ2v) is 5.29. The zero-order valence-corrected chi connectivity index (χ0v) is 13.1. The monoisotopic (exact) mass is 313 g/mol. The summed E-state index contributed by atoms with van der Waals surface area (Å²) in [6.45, 7) is 1.98. The van der Waals surface area contributed by atoms with Gasteiger partial charge in [0.15, 0.2) is 0 Å². The van der Waals surface area contributed by atoms with Gasteiger partial charge in [0.2, 0.25) is 0 Å². The third kappa shape index (κ3) is 4.57. The Morgan fingerprint density at radius 3 is 2.48 bits per heavy atom. The minimum absolute atomic E-state index is 0.00852. The Morgan fingerprint density at radius 2 is 1.87 bits per heavy atom. The van der Waals surface area contributed by atoms with Crippen LogP contribution in [-0.2, 0) is 16.0 Å². The average Bonchev–Trinajstić information content (AvgIpc) is 2.55. The highest BCUT2D eigenvalue weighted by Crippen LogP contribution is 2.12. The van der Waals surface area contributed by atoms with E-state index >= 15 is 0 Å². The average molecular weight is 313 g/mol. The van der Waals surface area contributed by atoms with Crippen molar-refractivity contribution in [2.24, 2.45) is 0 Å². The van der Waals surface area contributed by atoms with Crippen LogP contribution >= 0.6 is 0 Å². The van der Waals surface area contributed by atoms with Crippen LogP contribution < -0.4 is 5.32 Å². The fourth-order valence-corrected chi connectivity index (χ4v) is 2.18. The Labute approximate surface area is 134 Å². The van der Waals surface area contributed by atoms with Gasteiger partial charge in [-0.15, -0.1) is 0 Å². The van der Waals surface area contributed by atoms with Gasteiger partial charge in [-0.1, -0.05) is 35.9 Å². The molecule has 120 valence electrons. The Hall–Kier alpha value is -2.82. The van der Waals surface area contributed by atoms with E-state index in [0.717, 1.165) is 11.1 Å². The fraction of sp³-hybridized carbons (Fsp3) is 0.222. The topological polar surface area (TPSA) is 75.6 Å². The molecule has 0 spiro atoms. The number of hydrogen-bond acceptors (Lipinski definition) is 4. The van der Waals surface area contributed by atoms with Gasteiger partial charge in [-0.3, -0.25) is 4.79 Å². The van der Waals surface area contributed by atoms with Crippen LogP contribution in [0.3, 0.4) is 0 Å². The normalized spacial score (nSPS) is 11.6. The lowest BCUT2D eigenvalue weighted by molar-refractivity contribution is -0.142. The van der Waals surface area contributed by atoms with Gasteiger partial charge in [-0.05, 0) is 30.7 Å². The van der Waals surface area contributed by atoms with Gasteiger partial charge >= 0.3 is 5.97 Å². The van der Waals surface area contributed by atoms with E-state index in [1.54, 1.807) is 12.1 Å². The van der Waals surface area contributed by atoms with Crippen molar-refractivity contribution in [3.05, 3.63) is 65.2 Å². The van der Waals surface area contributed by atoms with E-state index in [9.17, 15) is 14.7 Å². The van der Waals surface area contributed by atoms with Crippen LogP contribution in [-0.4, -0.2) is 30.1 Å². The Bertz CT molecular complexity index is 694. The molecule has 2 N–H and O–H groups in total. The Balaban J connectivity index is 2.13. The number of ether oxygens (including phenoxy) is 1. The first kappa shape index (κ1) is 16.5. The molecule has 0 radical (unpaired) electrons. The number of benzene rings is 2. The smallest absolute Gasteiger partial charge is 0.328 e. The molecule has 23 heavy (non-hydrogen) atoms. The van der Waals surface area contributed by atoms with Gasteiger partial charge in [-0.2, -0.15) is 0 Å². The molecule has 0 aliphatic rings. The highest BCUT2D eigenvalue weighted by molar-refractivity contribution is 5.97. The molecule has 0 bridgehead atoms. The molecule has 2 aromatic carbocycles. The first-order valence-corrected chi connectivity index (χ1v) is 7.23. The minimum atomic E-state index is -0.794. The van der Waals surface area contributed by atoms with Crippen molar-refractivity contribution in [1.82, 2.24) is 5.32 Å². The van der Waals surface area contributed by atoms with Gasteiger partial charge in [0.25, 0.3) is 5.91 Å². The lowest BCUT2D eigenvalue weighted by atomic mass is 10.0. The van der Waals surface area contributed by atoms with Gasteiger partial charge in [0, 0.05) is 12.0 Å². The largest absolute Gasteiger partial charge is 0.508 e. The summed E-state index contributed by atoms with van der Waals surface area (Å²) in [5.74, 6) is -0.965. The van der Waals surface area contributed by atoms with Crippen LogP contribution in [0.15, 0.2) is 48.5 Å². The number of amides is 1. The second kappa shape index (κ2) is 7.45. The number of nitrogens with one attached hydrogen (secondary N) is 1. The highest BCUT2D eigenvalue weighted by atomic mass is 16.5. The van der Waals surface area contributed by atoms with Crippen LogP contribution in [0.4, 0.5) is 0 Å². The summed E-state index contributed by atoms with van der Waals surface area (Å²) in [6.07, 6.45) is 0.331. The molecule has 0 saturated carbocycles. The van der Waals surface area contributed by atoms with E-state index in [1.165, 1.54) is 19.2 Å². The van der Waals surface area contributed by atoms with Crippen molar-refractivity contribution in [3.8, 4) is 5.75 Å². The Kier molecular flexibility index (Phi) is 5.36. The van der Waals surface area contributed by atoms with Crippen LogP contribution in [0, 0.1) is 6.92 Å². The molecule has 1 amide bonds. The molecule has 0 aromatic heterocycles. The molecule has 5 heteroatoms. The number of phenols is 1.